The number of nitrogens with zero attached hydrogens (tertiary/aromatic N) is 1. The molecule has 0 saturated carbocycles. The van der Waals surface area contributed by atoms with Crippen LogP contribution >= 0.6 is 0 Å². The van der Waals surface area contributed by atoms with Gasteiger partial charge in [0.2, 0.25) is 5.91 Å². The molecule has 0 radical (unpaired) electrons. The lowest BCUT2D eigenvalue weighted by Crippen LogP contribution is -2.30. The Morgan fingerprint density at radius 1 is 1.00 bits per heavy atom. The van der Waals surface area contributed by atoms with E-state index in [9.17, 15) is 14.4 Å². The van der Waals surface area contributed by atoms with Gasteiger partial charge < -0.3 is 11.1 Å². The Bertz CT molecular complexity index is 854. The molecule has 0 aromatic heterocycles. The molecule has 0 aliphatic carbocycles. The first-order chi connectivity index (χ1) is 12.6. The molecule has 0 bridgehead atoms. The normalized spacial score (nSPS) is 13.3. The van der Waals surface area contributed by atoms with Gasteiger partial charge in [-0.05, 0) is 43.2 Å². The van der Waals surface area contributed by atoms with Crippen molar-refractivity contribution in [1.82, 2.24) is 4.90 Å². The Balaban J connectivity index is 1.47. The first kappa shape index (κ1) is 17.4. The summed E-state index contributed by atoms with van der Waals surface area (Å²) in [6.07, 6.45) is 4.30. The second-order valence-electron chi connectivity index (χ2n) is 5.93. The van der Waals surface area contributed by atoms with Crippen LogP contribution in [0.3, 0.4) is 0 Å². The fourth-order valence-corrected chi connectivity index (χ4v) is 2.79. The third kappa shape index (κ3) is 3.64. The molecular formula is C20H19N3O3. The predicted octanol–water partition coefficient (Wildman–Crippen LogP) is 2.84. The molecule has 3 amide bonds. The van der Waals surface area contributed by atoms with Gasteiger partial charge in [0.15, 0.2) is 0 Å². The van der Waals surface area contributed by atoms with E-state index < -0.39 is 0 Å². The molecule has 0 saturated heterocycles. The van der Waals surface area contributed by atoms with E-state index in [2.05, 4.69) is 5.32 Å². The molecule has 0 spiro atoms. The van der Waals surface area contributed by atoms with Gasteiger partial charge in [-0.1, -0.05) is 30.3 Å². The van der Waals surface area contributed by atoms with Gasteiger partial charge in [-0.15, -0.1) is 0 Å². The van der Waals surface area contributed by atoms with Crippen LogP contribution in [0.5, 0.6) is 0 Å². The lowest BCUT2D eigenvalue weighted by molar-refractivity contribution is -0.111. The number of rotatable bonds is 6. The lowest BCUT2D eigenvalue weighted by atomic mass is 10.1. The Labute approximate surface area is 151 Å². The lowest BCUT2D eigenvalue weighted by Gasteiger charge is -2.12. The zero-order valence-corrected chi connectivity index (χ0v) is 14.1. The minimum absolute atomic E-state index is 0.258. The van der Waals surface area contributed by atoms with Crippen molar-refractivity contribution in [1.29, 1.82) is 0 Å². The maximum atomic E-state index is 12.2. The van der Waals surface area contributed by atoms with Crippen LogP contribution in [0.1, 0.15) is 33.6 Å². The Morgan fingerprint density at radius 3 is 2.27 bits per heavy atom. The van der Waals surface area contributed by atoms with E-state index in [1.165, 1.54) is 11.0 Å². The zero-order valence-electron chi connectivity index (χ0n) is 14.1. The van der Waals surface area contributed by atoms with Crippen molar-refractivity contribution < 1.29 is 14.4 Å². The summed E-state index contributed by atoms with van der Waals surface area (Å²) in [7, 11) is 0. The summed E-state index contributed by atoms with van der Waals surface area (Å²) in [4.78, 5) is 37.6. The van der Waals surface area contributed by atoms with Crippen molar-refractivity contribution in [3.05, 3.63) is 71.8 Å². The highest BCUT2D eigenvalue weighted by atomic mass is 16.2. The Hall–Kier alpha value is -3.41. The van der Waals surface area contributed by atoms with Crippen molar-refractivity contribution in [3.63, 3.8) is 0 Å². The number of allylic oxidation sites excluding steroid dienone is 1. The smallest absolute Gasteiger partial charge is 0.261 e. The zero-order chi connectivity index (χ0) is 18.5. The second-order valence-corrected chi connectivity index (χ2v) is 5.93. The fraction of sp³-hybridized carbons (Fsp3) is 0.150. The van der Waals surface area contributed by atoms with Gasteiger partial charge in [0.05, 0.1) is 22.5 Å². The van der Waals surface area contributed by atoms with Crippen LogP contribution in [0.2, 0.25) is 0 Å². The second kappa shape index (κ2) is 7.65. The van der Waals surface area contributed by atoms with Crippen LogP contribution in [-0.2, 0) is 4.79 Å². The predicted molar refractivity (Wildman–Crippen MR) is 99.7 cm³/mol. The molecule has 0 unspecified atom stereocenters. The number of fused-ring (bicyclic) bond motifs is 1. The fourth-order valence-electron chi connectivity index (χ4n) is 2.79. The number of hydrogen-bond donors (Lipinski definition) is 2. The van der Waals surface area contributed by atoms with Gasteiger partial charge in [-0.25, -0.2) is 0 Å². The molecular weight excluding hydrogens is 330 g/mol. The molecule has 3 N–H and O–H groups in total. The van der Waals surface area contributed by atoms with Crippen molar-refractivity contribution in [2.24, 2.45) is 0 Å². The SMILES string of the molecule is Nc1ccccc1NC(=O)C=CCCCN1C(=O)c2ccccc2C1=O. The van der Waals surface area contributed by atoms with Gasteiger partial charge in [-0.3, -0.25) is 19.3 Å². The highest BCUT2D eigenvalue weighted by molar-refractivity contribution is 6.21. The van der Waals surface area contributed by atoms with E-state index in [1.54, 1.807) is 54.6 Å². The minimum Gasteiger partial charge on any atom is -0.397 e. The van der Waals surface area contributed by atoms with E-state index >= 15 is 0 Å². The summed E-state index contributed by atoms with van der Waals surface area (Å²) in [6, 6.07) is 13.8. The van der Waals surface area contributed by atoms with Crippen LogP contribution in [-0.4, -0.2) is 29.2 Å². The molecule has 132 valence electrons. The molecule has 1 heterocycles. The van der Waals surface area contributed by atoms with Crippen LogP contribution in [0.15, 0.2) is 60.7 Å². The van der Waals surface area contributed by atoms with Gasteiger partial charge >= 0.3 is 0 Å². The molecule has 26 heavy (non-hydrogen) atoms. The highest BCUT2D eigenvalue weighted by Gasteiger charge is 2.34. The first-order valence-electron chi connectivity index (χ1n) is 8.35. The highest BCUT2D eigenvalue weighted by Crippen LogP contribution is 2.22. The number of para-hydroxylation sites is 2. The number of anilines is 2. The van der Waals surface area contributed by atoms with Gasteiger partial charge in [0.1, 0.15) is 0 Å². The maximum Gasteiger partial charge on any atom is 0.261 e. The number of amides is 3. The molecule has 1 aliphatic heterocycles. The number of benzene rings is 2. The summed E-state index contributed by atoms with van der Waals surface area (Å²) < 4.78 is 0. The molecule has 3 rings (SSSR count). The monoisotopic (exact) mass is 349 g/mol. The maximum absolute atomic E-state index is 12.2. The van der Waals surface area contributed by atoms with Crippen molar-refractivity contribution in [2.75, 3.05) is 17.6 Å². The summed E-state index contributed by atoms with van der Waals surface area (Å²) in [5.41, 5.74) is 7.74. The third-order valence-corrected chi connectivity index (χ3v) is 4.12. The number of nitrogens with two attached hydrogens (primary N) is 1. The molecule has 2 aromatic carbocycles. The standard InChI is InChI=1S/C20H19N3O3/c21-16-10-5-6-11-17(16)22-18(24)12-2-1-7-13-23-19(25)14-8-3-4-9-15(14)20(23)26/h2-6,8-12H,1,7,13,21H2,(H,22,24). The Kier molecular flexibility index (Phi) is 5.12. The quantitative estimate of drug-likeness (QED) is 0.363. The largest absolute Gasteiger partial charge is 0.397 e. The van der Waals surface area contributed by atoms with Gasteiger partial charge in [0.25, 0.3) is 11.8 Å². The summed E-state index contributed by atoms with van der Waals surface area (Å²) in [5.74, 6) is -0.789. The van der Waals surface area contributed by atoms with E-state index in [0.717, 1.165) is 0 Å². The van der Waals surface area contributed by atoms with Gasteiger partial charge in [0, 0.05) is 6.54 Å². The van der Waals surface area contributed by atoms with Crippen molar-refractivity contribution in [2.45, 2.75) is 12.8 Å². The van der Waals surface area contributed by atoms with E-state index in [0.29, 0.717) is 41.9 Å². The number of nitrogens with one attached hydrogen (secondary N) is 1. The number of carbonyl (C=O) groups is 3. The van der Waals surface area contributed by atoms with Crippen LogP contribution in [0.4, 0.5) is 11.4 Å². The average Bonchev–Trinajstić information content (AvgIpc) is 2.88. The summed E-state index contributed by atoms with van der Waals surface area (Å²) >= 11 is 0. The molecule has 0 atom stereocenters. The molecule has 0 fully saturated rings. The molecule has 6 heteroatoms. The first-order valence-corrected chi connectivity index (χ1v) is 8.35. The van der Waals surface area contributed by atoms with Gasteiger partial charge in [-0.2, -0.15) is 0 Å². The van der Waals surface area contributed by atoms with Crippen molar-refractivity contribution in [3.8, 4) is 0 Å². The van der Waals surface area contributed by atoms with E-state index in [4.69, 9.17) is 5.73 Å². The summed E-state index contributed by atoms with van der Waals surface area (Å²) in [6.45, 7) is 0.323. The summed E-state index contributed by atoms with van der Waals surface area (Å²) in [5, 5.41) is 2.70. The molecule has 1 aliphatic rings. The average molecular weight is 349 g/mol. The Morgan fingerprint density at radius 2 is 1.62 bits per heavy atom. The third-order valence-electron chi connectivity index (χ3n) is 4.12. The number of hydrogen-bond acceptors (Lipinski definition) is 4. The van der Waals surface area contributed by atoms with E-state index in [-0.39, 0.29) is 17.7 Å². The number of unbranched alkanes of at least 4 members (excludes halogenated alkanes) is 1. The molecule has 2 aromatic rings. The number of nitrogen functional groups attached to an aromatic ring is 1. The van der Waals surface area contributed by atoms with Crippen molar-refractivity contribution >= 4 is 29.1 Å². The topological polar surface area (TPSA) is 92.5 Å². The number of imide groups is 1. The molecule has 6 nitrogen and oxygen atoms in total. The minimum atomic E-state index is -0.274. The van der Waals surface area contributed by atoms with Crippen LogP contribution in [0, 0.1) is 0 Å². The van der Waals surface area contributed by atoms with Crippen LogP contribution in [0.25, 0.3) is 0 Å². The van der Waals surface area contributed by atoms with Crippen LogP contribution < -0.4 is 11.1 Å². The van der Waals surface area contributed by atoms with E-state index in [1.807, 2.05) is 0 Å². The number of carbonyl (C=O) groups excluding carboxylic acids is 3.